The summed E-state index contributed by atoms with van der Waals surface area (Å²) in [5.41, 5.74) is 3.78. The van der Waals surface area contributed by atoms with Gasteiger partial charge in [-0.1, -0.05) is 38.0 Å². The van der Waals surface area contributed by atoms with Gasteiger partial charge in [0.2, 0.25) is 0 Å². The molecule has 0 bridgehead atoms. The molecule has 6 nitrogen and oxygen atoms in total. The maximum absolute atomic E-state index is 12.7. The van der Waals surface area contributed by atoms with Gasteiger partial charge >= 0.3 is 0 Å². The van der Waals surface area contributed by atoms with Crippen molar-refractivity contribution in [1.82, 2.24) is 15.2 Å². The topological polar surface area (TPSA) is 76.3 Å². The molecule has 25 heavy (non-hydrogen) atoms. The first-order valence-corrected chi connectivity index (χ1v) is 9.06. The number of hydrogen-bond donors (Lipinski definition) is 1. The maximum Gasteiger partial charge on any atom is 0.292 e. The Kier molecular flexibility index (Phi) is 5.58. The van der Waals surface area contributed by atoms with Crippen LogP contribution >= 0.6 is 0 Å². The molecule has 0 unspecified atom stereocenters. The smallest absolute Gasteiger partial charge is 0.267 e. The van der Waals surface area contributed by atoms with E-state index in [1.165, 1.54) is 17.5 Å². The minimum Gasteiger partial charge on any atom is -0.267 e. The lowest BCUT2D eigenvalue weighted by atomic mass is 10.1. The molecule has 1 aliphatic rings. The highest BCUT2D eigenvalue weighted by atomic mass is 16.2. The van der Waals surface area contributed by atoms with Gasteiger partial charge in [-0.05, 0) is 38.2 Å². The van der Waals surface area contributed by atoms with Crippen molar-refractivity contribution in [3.8, 4) is 0 Å². The Morgan fingerprint density at radius 2 is 1.84 bits per heavy atom. The van der Waals surface area contributed by atoms with Gasteiger partial charge < -0.3 is 0 Å². The number of nitrogens with one attached hydrogen (secondary N) is 1. The van der Waals surface area contributed by atoms with E-state index >= 15 is 0 Å². The van der Waals surface area contributed by atoms with Crippen molar-refractivity contribution in [2.75, 3.05) is 0 Å². The maximum atomic E-state index is 12.7. The Hall–Kier alpha value is -2.50. The molecule has 1 aromatic heterocycles. The van der Waals surface area contributed by atoms with Crippen LogP contribution < -0.4 is 11.0 Å². The Balaban J connectivity index is 1.93. The Bertz CT molecular complexity index is 844. The summed E-state index contributed by atoms with van der Waals surface area (Å²) in [6.45, 7) is 2.46. The van der Waals surface area contributed by atoms with Crippen LogP contribution in [0.4, 0.5) is 0 Å². The summed E-state index contributed by atoms with van der Waals surface area (Å²) in [6.07, 6.45) is 7.33. The SMILES string of the molecule is CCCn1nc(C(=O)NN=C2CCCCCC2)c2ccccc2c1=O. The third-order valence-electron chi connectivity index (χ3n) is 4.51. The molecule has 0 aliphatic heterocycles. The van der Waals surface area contributed by atoms with Crippen molar-refractivity contribution < 1.29 is 4.79 Å². The second-order valence-electron chi connectivity index (χ2n) is 6.46. The van der Waals surface area contributed by atoms with Gasteiger partial charge in [0.1, 0.15) is 0 Å². The first-order chi connectivity index (χ1) is 12.2. The lowest BCUT2D eigenvalue weighted by molar-refractivity contribution is 0.0949. The Morgan fingerprint density at radius 3 is 2.52 bits per heavy atom. The fourth-order valence-electron chi connectivity index (χ4n) is 3.20. The predicted octanol–water partition coefficient (Wildman–Crippen LogP) is 3.25. The van der Waals surface area contributed by atoms with Crippen molar-refractivity contribution >= 4 is 22.4 Å². The molecule has 6 heteroatoms. The fourth-order valence-corrected chi connectivity index (χ4v) is 3.20. The number of aryl methyl sites for hydroxylation is 1. The summed E-state index contributed by atoms with van der Waals surface area (Å²) in [5, 5.41) is 9.69. The average Bonchev–Trinajstić information content (AvgIpc) is 2.91. The first-order valence-electron chi connectivity index (χ1n) is 9.06. The highest BCUT2D eigenvalue weighted by Crippen LogP contribution is 2.15. The lowest BCUT2D eigenvalue weighted by Gasteiger charge is -2.10. The van der Waals surface area contributed by atoms with Crippen molar-refractivity contribution in [2.45, 2.75) is 58.4 Å². The normalized spacial score (nSPS) is 15.0. The van der Waals surface area contributed by atoms with E-state index < -0.39 is 0 Å². The van der Waals surface area contributed by atoms with Crippen molar-refractivity contribution in [3.63, 3.8) is 0 Å². The molecule has 0 radical (unpaired) electrons. The molecular weight excluding hydrogens is 316 g/mol. The van der Waals surface area contributed by atoms with Gasteiger partial charge in [-0.15, -0.1) is 0 Å². The summed E-state index contributed by atoms with van der Waals surface area (Å²) in [4.78, 5) is 25.1. The van der Waals surface area contributed by atoms with Crippen LogP contribution in [0.3, 0.4) is 0 Å². The number of carbonyl (C=O) groups is 1. The van der Waals surface area contributed by atoms with E-state index in [1.807, 2.05) is 13.0 Å². The van der Waals surface area contributed by atoms with Crippen molar-refractivity contribution in [1.29, 1.82) is 0 Å². The lowest BCUT2D eigenvalue weighted by Crippen LogP contribution is -2.29. The molecule has 1 heterocycles. The monoisotopic (exact) mass is 340 g/mol. The van der Waals surface area contributed by atoms with Crippen LogP contribution in [0.25, 0.3) is 10.8 Å². The van der Waals surface area contributed by atoms with Gasteiger partial charge in [0.05, 0.1) is 5.39 Å². The van der Waals surface area contributed by atoms with Crippen molar-refractivity contribution in [2.24, 2.45) is 5.10 Å². The van der Waals surface area contributed by atoms with E-state index in [4.69, 9.17) is 0 Å². The number of fused-ring (bicyclic) bond motifs is 1. The number of hydrogen-bond acceptors (Lipinski definition) is 4. The minimum atomic E-state index is -0.363. The summed E-state index contributed by atoms with van der Waals surface area (Å²) >= 11 is 0. The van der Waals surface area contributed by atoms with E-state index in [1.54, 1.807) is 18.2 Å². The average molecular weight is 340 g/mol. The van der Waals surface area contributed by atoms with Crippen LogP contribution in [-0.4, -0.2) is 21.4 Å². The highest BCUT2D eigenvalue weighted by molar-refractivity contribution is 6.05. The zero-order valence-electron chi connectivity index (χ0n) is 14.6. The fraction of sp³-hybridized carbons (Fsp3) is 0.474. The second kappa shape index (κ2) is 8.05. The molecule has 2 aromatic rings. The predicted molar refractivity (Wildman–Crippen MR) is 98.9 cm³/mol. The number of hydrazone groups is 1. The Morgan fingerprint density at radius 1 is 1.16 bits per heavy atom. The molecular formula is C19H24N4O2. The summed E-state index contributed by atoms with van der Waals surface area (Å²) in [5.74, 6) is -0.363. The summed E-state index contributed by atoms with van der Waals surface area (Å²) < 4.78 is 1.37. The van der Waals surface area contributed by atoms with E-state index in [2.05, 4.69) is 15.6 Å². The van der Waals surface area contributed by atoms with Crippen LogP contribution in [0.5, 0.6) is 0 Å². The summed E-state index contributed by atoms with van der Waals surface area (Å²) in [6, 6.07) is 7.10. The molecule has 0 spiro atoms. The quantitative estimate of drug-likeness (QED) is 0.685. The molecule has 0 atom stereocenters. The molecule has 132 valence electrons. The number of amides is 1. The van der Waals surface area contributed by atoms with Gasteiger partial charge in [0, 0.05) is 17.6 Å². The Labute approximate surface area is 146 Å². The molecule has 1 fully saturated rings. The van der Waals surface area contributed by atoms with Gasteiger partial charge in [-0.3, -0.25) is 9.59 Å². The van der Waals surface area contributed by atoms with Crippen molar-refractivity contribution in [3.05, 3.63) is 40.3 Å². The largest absolute Gasteiger partial charge is 0.292 e. The molecule has 3 rings (SSSR count). The number of aromatic nitrogens is 2. The highest BCUT2D eigenvalue weighted by Gasteiger charge is 2.16. The number of carbonyl (C=O) groups excluding carboxylic acids is 1. The number of nitrogens with zero attached hydrogens (tertiary/aromatic N) is 3. The third-order valence-corrected chi connectivity index (χ3v) is 4.51. The van der Waals surface area contributed by atoms with Crippen LogP contribution in [0, 0.1) is 0 Å². The van der Waals surface area contributed by atoms with E-state index in [-0.39, 0.29) is 17.2 Å². The molecule has 1 aromatic carbocycles. The van der Waals surface area contributed by atoms with Crippen LogP contribution in [0.15, 0.2) is 34.2 Å². The van der Waals surface area contributed by atoms with Gasteiger partial charge in [0.15, 0.2) is 5.69 Å². The van der Waals surface area contributed by atoms with Crippen LogP contribution in [0.1, 0.15) is 62.4 Å². The van der Waals surface area contributed by atoms with Gasteiger partial charge in [-0.25, -0.2) is 10.1 Å². The number of benzene rings is 1. The first kappa shape index (κ1) is 17.3. The van der Waals surface area contributed by atoms with Crippen LogP contribution in [0.2, 0.25) is 0 Å². The van der Waals surface area contributed by atoms with E-state index in [0.717, 1.165) is 37.8 Å². The minimum absolute atomic E-state index is 0.163. The standard InChI is InChI=1S/C19H24N4O2/c1-2-13-23-19(25)16-12-8-7-11-15(16)17(22-23)18(24)21-20-14-9-5-3-4-6-10-14/h7-8,11-12H,2-6,9-10,13H2,1H3,(H,21,24). The molecule has 1 aliphatic carbocycles. The van der Waals surface area contributed by atoms with Crippen LogP contribution in [-0.2, 0) is 6.54 Å². The summed E-state index contributed by atoms with van der Waals surface area (Å²) in [7, 11) is 0. The third kappa shape index (κ3) is 3.95. The number of rotatable bonds is 4. The zero-order chi connectivity index (χ0) is 17.6. The molecule has 1 saturated carbocycles. The zero-order valence-corrected chi connectivity index (χ0v) is 14.6. The molecule has 1 N–H and O–H groups in total. The van der Waals surface area contributed by atoms with Gasteiger partial charge in [-0.2, -0.15) is 10.2 Å². The van der Waals surface area contributed by atoms with E-state index in [9.17, 15) is 9.59 Å². The molecule has 1 amide bonds. The van der Waals surface area contributed by atoms with Gasteiger partial charge in [0.25, 0.3) is 11.5 Å². The van der Waals surface area contributed by atoms with E-state index in [0.29, 0.717) is 17.3 Å². The second-order valence-corrected chi connectivity index (χ2v) is 6.46. The molecule has 0 saturated heterocycles.